The van der Waals surface area contributed by atoms with Gasteiger partial charge in [-0.3, -0.25) is 0 Å². The van der Waals surface area contributed by atoms with Gasteiger partial charge in [-0.2, -0.15) is 0 Å². The minimum Gasteiger partial charge on any atom is -0.396 e. The molecule has 1 rings (SSSR count). The molecule has 2 heteroatoms. The number of hydrogen-bond donors (Lipinski definition) is 2. The fourth-order valence-electron chi connectivity index (χ4n) is 1.75. The highest BCUT2D eigenvalue weighted by Gasteiger charge is 2.13. The fourth-order valence-corrected chi connectivity index (χ4v) is 1.75. The van der Waals surface area contributed by atoms with Gasteiger partial charge in [0.05, 0.1) is 0 Å². The van der Waals surface area contributed by atoms with Gasteiger partial charge in [-0.05, 0) is 44.7 Å². The summed E-state index contributed by atoms with van der Waals surface area (Å²) in [6.07, 6.45) is 4.43. The molecule has 0 atom stereocenters. The first-order valence-electron chi connectivity index (χ1n) is 4.81. The second-order valence-corrected chi connectivity index (χ2v) is 3.62. The summed E-state index contributed by atoms with van der Waals surface area (Å²) in [6.45, 7) is 6.51. The van der Waals surface area contributed by atoms with Gasteiger partial charge in [0.2, 0.25) is 0 Å². The zero-order chi connectivity index (χ0) is 8.81. The van der Waals surface area contributed by atoms with E-state index < -0.39 is 0 Å². The van der Waals surface area contributed by atoms with E-state index >= 15 is 0 Å². The van der Waals surface area contributed by atoms with Gasteiger partial charge in [0.1, 0.15) is 0 Å². The molecule has 0 bridgehead atoms. The van der Waals surface area contributed by atoms with Gasteiger partial charge in [0.25, 0.3) is 0 Å². The molecule has 1 aliphatic heterocycles. The first-order valence-corrected chi connectivity index (χ1v) is 4.81. The standard InChI is InChI=1S/C10H19NO/c1-9(4-7-12)8-10-2-5-11-6-3-10/h10-12H,1-8H2. The Kier molecular flexibility index (Phi) is 4.33. The minimum absolute atomic E-state index is 0.254. The van der Waals surface area contributed by atoms with Crippen molar-refractivity contribution in [3.63, 3.8) is 0 Å². The normalized spacial score (nSPS) is 19.4. The van der Waals surface area contributed by atoms with Gasteiger partial charge >= 0.3 is 0 Å². The van der Waals surface area contributed by atoms with Gasteiger partial charge in [-0.15, -0.1) is 0 Å². The lowest BCUT2D eigenvalue weighted by molar-refractivity contribution is 0.292. The molecule has 0 aliphatic carbocycles. The molecule has 0 spiro atoms. The second-order valence-electron chi connectivity index (χ2n) is 3.62. The quantitative estimate of drug-likeness (QED) is 0.622. The van der Waals surface area contributed by atoms with Crippen LogP contribution in [0.15, 0.2) is 12.2 Å². The predicted molar refractivity (Wildman–Crippen MR) is 51.1 cm³/mol. The molecule has 0 unspecified atom stereocenters. The van der Waals surface area contributed by atoms with Crippen LogP contribution in [0.5, 0.6) is 0 Å². The molecule has 0 aromatic heterocycles. The van der Waals surface area contributed by atoms with Crippen LogP contribution in [0.2, 0.25) is 0 Å². The highest BCUT2D eigenvalue weighted by Crippen LogP contribution is 2.21. The van der Waals surface area contributed by atoms with E-state index in [9.17, 15) is 0 Å². The molecule has 2 nitrogen and oxygen atoms in total. The Labute approximate surface area is 74.7 Å². The Morgan fingerprint density at radius 2 is 2.08 bits per heavy atom. The number of aliphatic hydroxyl groups is 1. The number of nitrogens with one attached hydrogen (secondary N) is 1. The molecule has 1 fully saturated rings. The maximum absolute atomic E-state index is 8.69. The van der Waals surface area contributed by atoms with Crippen molar-refractivity contribution in [3.05, 3.63) is 12.2 Å². The third-order valence-electron chi connectivity index (χ3n) is 2.50. The van der Waals surface area contributed by atoms with E-state index in [1.807, 2.05) is 0 Å². The van der Waals surface area contributed by atoms with Crippen LogP contribution in [0.4, 0.5) is 0 Å². The topological polar surface area (TPSA) is 32.3 Å². The van der Waals surface area contributed by atoms with Crippen LogP contribution in [0.25, 0.3) is 0 Å². The number of aliphatic hydroxyl groups excluding tert-OH is 1. The van der Waals surface area contributed by atoms with Crippen LogP contribution >= 0.6 is 0 Å². The lowest BCUT2D eigenvalue weighted by Crippen LogP contribution is -2.27. The van der Waals surface area contributed by atoms with Gasteiger partial charge in [-0.1, -0.05) is 12.2 Å². The molecular formula is C10H19NO. The predicted octanol–water partition coefficient (Wildman–Crippen LogP) is 1.31. The Bertz CT molecular complexity index is 139. The van der Waals surface area contributed by atoms with Crippen molar-refractivity contribution in [3.8, 4) is 0 Å². The molecular weight excluding hydrogens is 150 g/mol. The van der Waals surface area contributed by atoms with Gasteiger partial charge in [-0.25, -0.2) is 0 Å². The van der Waals surface area contributed by atoms with Crippen LogP contribution in [0.3, 0.4) is 0 Å². The first-order chi connectivity index (χ1) is 5.83. The summed E-state index contributed by atoms with van der Waals surface area (Å²) < 4.78 is 0. The van der Waals surface area contributed by atoms with Crippen LogP contribution in [-0.4, -0.2) is 24.8 Å². The fraction of sp³-hybridized carbons (Fsp3) is 0.800. The van der Waals surface area contributed by atoms with Crippen molar-refractivity contribution < 1.29 is 5.11 Å². The Morgan fingerprint density at radius 3 is 2.67 bits per heavy atom. The smallest absolute Gasteiger partial charge is 0.0468 e. The second kappa shape index (κ2) is 5.33. The van der Waals surface area contributed by atoms with Crippen molar-refractivity contribution in [1.82, 2.24) is 5.32 Å². The van der Waals surface area contributed by atoms with Crippen molar-refractivity contribution >= 4 is 0 Å². The number of piperidine rings is 1. The van der Waals surface area contributed by atoms with Crippen molar-refractivity contribution in [2.45, 2.75) is 25.7 Å². The highest BCUT2D eigenvalue weighted by molar-refractivity contribution is 4.96. The Morgan fingerprint density at radius 1 is 1.42 bits per heavy atom. The summed E-state index contributed by atoms with van der Waals surface area (Å²) in [5.74, 6) is 0.810. The molecule has 0 aromatic carbocycles. The van der Waals surface area contributed by atoms with Crippen LogP contribution in [-0.2, 0) is 0 Å². The summed E-state index contributed by atoms with van der Waals surface area (Å²) in [4.78, 5) is 0. The first kappa shape index (κ1) is 9.75. The number of hydrogen-bond acceptors (Lipinski definition) is 2. The average molecular weight is 169 g/mol. The molecule has 0 aromatic rings. The SMILES string of the molecule is C=C(CCO)CC1CCNCC1. The third kappa shape index (κ3) is 3.37. The Balaban J connectivity index is 2.15. The highest BCUT2D eigenvalue weighted by atomic mass is 16.2. The van der Waals surface area contributed by atoms with Gasteiger partial charge in [0, 0.05) is 6.61 Å². The van der Waals surface area contributed by atoms with Crippen LogP contribution in [0.1, 0.15) is 25.7 Å². The molecule has 12 heavy (non-hydrogen) atoms. The van der Waals surface area contributed by atoms with E-state index in [1.165, 1.54) is 18.4 Å². The summed E-state index contributed by atoms with van der Waals surface area (Å²) >= 11 is 0. The minimum atomic E-state index is 0.254. The maximum Gasteiger partial charge on any atom is 0.0468 e. The van der Waals surface area contributed by atoms with Crippen molar-refractivity contribution in [2.75, 3.05) is 19.7 Å². The molecule has 1 saturated heterocycles. The van der Waals surface area contributed by atoms with E-state index in [0.29, 0.717) is 0 Å². The summed E-state index contributed by atoms with van der Waals surface area (Å²) in [6, 6.07) is 0. The lowest BCUT2D eigenvalue weighted by Gasteiger charge is -2.23. The van der Waals surface area contributed by atoms with Crippen molar-refractivity contribution in [1.29, 1.82) is 0 Å². The lowest BCUT2D eigenvalue weighted by atomic mass is 9.90. The van der Waals surface area contributed by atoms with E-state index in [2.05, 4.69) is 11.9 Å². The van der Waals surface area contributed by atoms with Gasteiger partial charge in [0.15, 0.2) is 0 Å². The monoisotopic (exact) mass is 169 g/mol. The van der Waals surface area contributed by atoms with Crippen molar-refractivity contribution in [2.24, 2.45) is 5.92 Å². The summed E-state index contributed by atoms with van der Waals surface area (Å²) in [5.41, 5.74) is 1.21. The molecule has 1 heterocycles. The van der Waals surface area contributed by atoms with Crippen LogP contribution in [0, 0.1) is 5.92 Å². The molecule has 0 radical (unpaired) electrons. The molecule has 0 saturated carbocycles. The third-order valence-corrected chi connectivity index (χ3v) is 2.50. The zero-order valence-corrected chi connectivity index (χ0v) is 7.68. The van der Waals surface area contributed by atoms with E-state index in [1.54, 1.807) is 0 Å². The molecule has 2 N–H and O–H groups in total. The number of rotatable bonds is 4. The van der Waals surface area contributed by atoms with E-state index in [-0.39, 0.29) is 6.61 Å². The van der Waals surface area contributed by atoms with Gasteiger partial charge < -0.3 is 10.4 Å². The van der Waals surface area contributed by atoms with Crippen LogP contribution < -0.4 is 5.32 Å². The average Bonchev–Trinajstić information content (AvgIpc) is 2.06. The maximum atomic E-state index is 8.69. The molecule has 0 amide bonds. The Hall–Kier alpha value is -0.340. The largest absolute Gasteiger partial charge is 0.396 e. The van der Waals surface area contributed by atoms with E-state index in [0.717, 1.165) is 31.8 Å². The van der Waals surface area contributed by atoms with E-state index in [4.69, 9.17) is 5.11 Å². The molecule has 1 aliphatic rings. The summed E-state index contributed by atoms with van der Waals surface area (Å²) in [7, 11) is 0. The zero-order valence-electron chi connectivity index (χ0n) is 7.68. The summed E-state index contributed by atoms with van der Waals surface area (Å²) in [5, 5.41) is 12.0. The molecule has 70 valence electrons.